The van der Waals surface area contributed by atoms with E-state index in [1.54, 1.807) is 17.5 Å². The van der Waals surface area contributed by atoms with Crippen LogP contribution in [0.25, 0.3) is 0 Å². The van der Waals surface area contributed by atoms with Gasteiger partial charge in [-0.05, 0) is 48.9 Å². The molecule has 1 N–H and O–H groups in total. The van der Waals surface area contributed by atoms with Gasteiger partial charge in [0, 0.05) is 11.4 Å². The summed E-state index contributed by atoms with van der Waals surface area (Å²) < 4.78 is 11.0. The van der Waals surface area contributed by atoms with E-state index in [2.05, 4.69) is 5.10 Å². The largest absolute Gasteiger partial charge is 0.467 e. The predicted molar refractivity (Wildman–Crippen MR) is 110 cm³/mol. The van der Waals surface area contributed by atoms with Crippen LogP contribution >= 0.6 is 11.6 Å². The highest BCUT2D eigenvalue weighted by molar-refractivity contribution is 6.30. The Morgan fingerprint density at radius 1 is 1.21 bits per heavy atom. The van der Waals surface area contributed by atoms with Crippen molar-refractivity contribution in [3.8, 4) is 0 Å². The number of hydrogen-bond acceptors (Lipinski definition) is 4. The molecule has 0 saturated carbocycles. The number of nitrogens with zero attached hydrogens (tertiary/aromatic N) is 2. The molecule has 1 aliphatic heterocycles. The average Bonchev–Trinajstić information content (AvgIpc) is 3.48. The smallest absolute Gasteiger partial charge is 0.301 e. The Morgan fingerprint density at radius 2 is 1.93 bits per heavy atom. The number of quaternary nitrogens is 1. The molecular formula is C22H23ClN3O3+. The van der Waals surface area contributed by atoms with Gasteiger partial charge in [0.25, 0.3) is 0 Å². The van der Waals surface area contributed by atoms with Crippen LogP contribution in [0.5, 0.6) is 0 Å². The molecule has 7 heteroatoms. The summed E-state index contributed by atoms with van der Waals surface area (Å²) in [5.41, 5.74) is 1.79. The van der Waals surface area contributed by atoms with Gasteiger partial charge in [0.1, 0.15) is 18.3 Å². The molecule has 1 unspecified atom stereocenters. The van der Waals surface area contributed by atoms with Crippen molar-refractivity contribution >= 4 is 23.2 Å². The van der Waals surface area contributed by atoms with Gasteiger partial charge in [0.05, 0.1) is 25.3 Å². The SMILES string of the molecule is C[C@H](C(=O)N1N=C(c2ccc(Cl)cc2)C[C@H]1c1ccco1)[NH+](C)Cc1ccco1. The van der Waals surface area contributed by atoms with E-state index >= 15 is 0 Å². The summed E-state index contributed by atoms with van der Waals surface area (Å²) in [7, 11) is 1.98. The van der Waals surface area contributed by atoms with Gasteiger partial charge in [-0.2, -0.15) is 5.10 Å². The minimum atomic E-state index is -0.300. The number of rotatable bonds is 6. The fourth-order valence-corrected chi connectivity index (χ4v) is 3.61. The van der Waals surface area contributed by atoms with Gasteiger partial charge in [-0.1, -0.05) is 23.7 Å². The molecule has 0 radical (unpaired) electrons. The summed E-state index contributed by atoms with van der Waals surface area (Å²) in [6.45, 7) is 2.53. The lowest BCUT2D eigenvalue weighted by molar-refractivity contribution is -0.909. The van der Waals surface area contributed by atoms with Crippen LogP contribution in [-0.2, 0) is 11.3 Å². The zero-order valence-electron chi connectivity index (χ0n) is 16.3. The third-order valence-corrected chi connectivity index (χ3v) is 5.58. The summed E-state index contributed by atoms with van der Waals surface area (Å²) in [6, 6.07) is 14.4. The Hall–Kier alpha value is -2.83. The second kappa shape index (κ2) is 8.27. The van der Waals surface area contributed by atoms with Crippen molar-refractivity contribution < 1.29 is 18.5 Å². The topological polar surface area (TPSA) is 63.4 Å². The van der Waals surface area contributed by atoms with Crippen LogP contribution in [-0.4, -0.2) is 29.7 Å². The third-order valence-electron chi connectivity index (χ3n) is 5.33. The van der Waals surface area contributed by atoms with Crippen LogP contribution < -0.4 is 4.90 Å². The lowest BCUT2D eigenvalue weighted by Gasteiger charge is -2.26. The number of nitrogens with one attached hydrogen (secondary N) is 1. The van der Waals surface area contributed by atoms with Crippen molar-refractivity contribution in [2.24, 2.45) is 5.10 Å². The number of furan rings is 2. The van der Waals surface area contributed by atoms with E-state index in [0.717, 1.165) is 27.7 Å². The van der Waals surface area contributed by atoms with Crippen molar-refractivity contribution in [1.29, 1.82) is 0 Å². The molecule has 150 valence electrons. The van der Waals surface area contributed by atoms with Gasteiger partial charge in [-0.15, -0.1) is 0 Å². The quantitative estimate of drug-likeness (QED) is 0.675. The van der Waals surface area contributed by atoms with Gasteiger partial charge < -0.3 is 13.7 Å². The Bertz CT molecular complexity index is 981. The molecule has 0 bridgehead atoms. The number of hydrogen-bond donors (Lipinski definition) is 1. The summed E-state index contributed by atoms with van der Waals surface area (Å²) >= 11 is 6.01. The molecular weight excluding hydrogens is 390 g/mol. The monoisotopic (exact) mass is 412 g/mol. The third kappa shape index (κ3) is 4.13. The van der Waals surface area contributed by atoms with E-state index in [4.69, 9.17) is 20.4 Å². The molecule has 3 atom stereocenters. The maximum atomic E-state index is 13.4. The van der Waals surface area contributed by atoms with E-state index in [0.29, 0.717) is 18.0 Å². The van der Waals surface area contributed by atoms with Gasteiger partial charge in [-0.25, -0.2) is 5.01 Å². The lowest BCUT2D eigenvalue weighted by atomic mass is 10.0. The molecule has 1 aromatic carbocycles. The number of halogens is 1. The van der Waals surface area contributed by atoms with Crippen LogP contribution in [0, 0.1) is 0 Å². The number of carbonyl (C=O) groups excluding carboxylic acids is 1. The molecule has 2 aromatic heterocycles. The molecule has 0 fully saturated rings. The standard InChI is InChI=1S/C22H22ClN3O3/c1-15(25(2)14-18-5-3-11-28-18)22(27)26-20(21-6-4-12-29-21)13-19(24-26)16-7-9-17(23)10-8-16/h3-12,15,20H,13-14H2,1-2H3/p+1/t15-,20+/m1/s1. The van der Waals surface area contributed by atoms with E-state index < -0.39 is 0 Å². The summed E-state index contributed by atoms with van der Waals surface area (Å²) in [6.07, 6.45) is 3.85. The Morgan fingerprint density at radius 3 is 2.59 bits per heavy atom. The summed E-state index contributed by atoms with van der Waals surface area (Å²) in [5, 5.41) is 6.92. The van der Waals surface area contributed by atoms with Gasteiger partial charge in [0.2, 0.25) is 0 Å². The lowest BCUT2D eigenvalue weighted by Crippen LogP contribution is -3.12. The molecule has 3 aromatic rings. The maximum absolute atomic E-state index is 13.4. The van der Waals surface area contributed by atoms with E-state index in [1.165, 1.54) is 0 Å². The first kappa shape index (κ1) is 19.5. The highest BCUT2D eigenvalue weighted by Gasteiger charge is 2.39. The molecule has 0 aliphatic carbocycles. The molecule has 1 aliphatic rings. The van der Waals surface area contributed by atoms with Gasteiger partial charge in [0.15, 0.2) is 11.8 Å². The van der Waals surface area contributed by atoms with Crippen molar-refractivity contribution in [3.05, 3.63) is 83.2 Å². The molecule has 29 heavy (non-hydrogen) atoms. The normalized spacial score (nSPS) is 18.5. The van der Waals surface area contributed by atoms with Gasteiger partial charge in [-0.3, -0.25) is 4.79 Å². The Labute approximate surface area is 174 Å². The van der Waals surface area contributed by atoms with Gasteiger partial charge >= 0.3 is 5.91 Å². The molecule has 0 saturated heterocycles. The van der Waals surface area contributed by atoms with Crippen LogP contribution in [0.4, 0.5) is 0 Å². The van der Waals surface area contributed by atoms with Crippen LogP contribution in [0.15, 0.2) is 75.0 Å². The maximum Gasteiger partial charge on any atom is 0.301 e. The zero-order chi connectivity index (χ0) is 20.4. The second-order valence-electron chi connectivity index (χ2n) is 7.30. The van der Waals surface area contributed by atoms with Crippen LogP contribution in [0.1, 0.15) is 36.5 Å². The Kier molecular flexibility index (Phi) is 5.56. The number of likely N-dealkylation sites (N-methyl/N-ethyl adjacent to an activating group) is 1. The number of amides is 1. The minimum absolute atomic E-state index is 0.0561. The van der Waals surface area contributed by atoms with Crippen molar-refractivity contribution in [1.82, 2.24) is 5.01 Å². The molecule has 1 amide bonds. The zero-order valence-corrected chi connectivity index (χ0v) is 17.1. The summed E-state index contributed by atoms with van der Waals surface area (Å²) in [5.74, 6) is 1.51. The van der Waals surface area contributed by atoms with Crippen LogP contribution in [0.3, 0.4) is 0 Å². The van der Waals surface area contributed by atoms with Crippen molar-refractivity contribution in [2.75, 3.05) is 7.05 Å². The molecule has 6 nitrogen and oxygen atoms in total. The van der Waals surface area contributed by atoms with Crippen molar-refractivity contribution in [3.63, 3.8) is 0 Å². The number of carbonyl (C=O) groups is 1. The predicted octanol–water partition coefficient (Wildman–Crippen LogP) is 3.31. The first-order valence-electron chi connectivity index (χ1n) is 9.57. The van der Waals surface area contributed by atoms with E-state index in [9.17, 15) is 4.79 Å². The first-order valence-corrected chi connectivity index (χ1v) is 9.95. The van der Waals surface area contributed by atoms with Crippen LogP contribution in [0.2, 0.25) is 5.02 Å². The van der Waals surface area contributed by atoms with Crippen molar-refractivity contribution in [2.45, 2.75) is 32.0 Å². The molecule has 3 heterocycles. The molecule has 4 rings (SSSR count). The minimum Gasteiger partial charge on any atom is -0.467 e. The number of hydrazone groups is 1. The molecule has 0 spiro atoms. The van der Waals surface area contributed by atoms with E-state index in [1.807, 2.05) is 62.5 Å². The highest BCUT2D eigenvalue weighted by atomic mass is 35.5. The average molecular weight is 413 g/mol. The number of benzene rings is 1. The highest BCUT2D eigenvalue weighted by Crippen LogP contribution is 2.33. The first-order chi connectivity index (χ1) is 14.0. The van der Waals surface area contributed by atoms with E-state index in [-0.39, 0.29) is 18.0 Å². The Balaban J connectivity index is 1.58. The fourth-order valence-electron chi connectivity index (χ4n) is 3.48. The fraction of sp³-hybridized carbons (Fsp3) is 0.273. The summed E-state index contributed by atoms with van der Waals surface area (Å²) in [4.78, 5) is 14.4. The second-order valence-corrected chi connectivity index (χ2v) is 7.73.